The highest BCUT2D eigenvalue weighted by Crippen LogP contribution is 2.37. The fourth-order valence-electron chi connectivity index (χ4n) is 8.11. The van der Waals surface area contributed by atoms with Crippen LogP contribution in [0.1, 0.15) is 92.0 Å². The fourth-order valence-corrected chi connectivity index (χ4v) is 8.11. The number of amides is 3. The van der Waals surface area contributed by atoms with Crippen molar-refractivity contribution in [2.45, 2.75) is 103 Å². The number of hydrogen-bond acceptors (Lipinski definition) is 7. The third-order valence-electron chi connectivity index (χ3n) is 11.1. The molecule has 6 rings (SSSR count). The molecule has 2 atom stereocenters. The average Bonchev–Trinajstić information content (AvgIpc) is 3.39. The summed E-state index contributed by atoms with van der Waals surface area (Å²) in [5.41, 5.74) is 3.84. The second kappa shape index (κ2) is 14.5. The minimum atomic E-state index is -0.875. The Bertz CT molecular complexity index is 1420. The predicted octanol–water partition coefficient (Wildman–Crippen LogP) is 3.36. The molecule has 0 radical (unpaired) electrons. The first-order valence-corrected chi connectivity index (χ1v) is 17.8. The molecule has 1 aromatic heterocycles. The number of hydrogen-bond donors (Lipinski definition) is 2. The van der Waals surface area contributed by atoms with Gasteiger partial charge in [-0.1, -0.05) is 32.6 Å². The van der Waals surface area contributed by atoms with Crippen LogP contribution in [-0.2, 0) is 20.9 Å². The van der Waals surface area contributed by atoms with E-state index >= 15 is 0 Å². The highest BCUT2D eigenvalue weighted by Gasteiger charge is 2.55. The lowest BCUT2D eigenvalue weighted by atomic mass is 9.78. The number of rotatable bonds is 9. The van der Waals surface area contributed by atoms with Crippen molar-refractivity contribution in [3.63, 3.8) is 0 Å². The number of aliphatic hydroxyl groups is 1. The van der Waals surface area contributed by atoms with Crippen LogP contribution in [0.25, 0.3) is 5.69 Å². The van der Waals surface area contributed by atoms with Gasteiger partial charge < -0.3 is 25.0 Å². The molecule has 1 aliphatic carbocycles. The monoisotopic (exact) mass is 648 g/mol. The summed E-state index contributed by atoms with van der Waals surface area (Å²) in [6.07, 6.45) is 7.16. The van der Waals surface area contributed by atoms with E-state index in [2.05, 4.69) is 24.1 Å². The van der Waals surface area contributed by atoms with Gasteiger partial charge in [-0.3, -0.25) is 19.3 Å². The van der Waals surface area contributed by atoms with Crippen LogP contribution in [0.3, 0.4) is 0 Å². The maximum absolute atomic E-state index is 14.0. The quantitative estimate of drug-likeness (QED) is 0.428. The number of carbonyl (C=O) groups is 3. The molecule has 3 saturated heterocycles. The van der Waals surface area contributed by atoms with Gasteiger partial charge in [0.1, 0.15) is 11.6 Å². The van der Waals surface area contributed by atoms with Crippen molar-refractivity contribution in [3.05, 3.63) is 46.8 Å². The third kappa shape index (κ3) is 6.71. The molecule has 47 heavy (non-hydrogen) atoms. The Hall–Kier alpha value is -3.28. The van der Waals surface area contributed by atoms with Crippen LogP contribution in [0, 0.1) is 19.8 Å². The molecule has 1 spiro atoms. The van der Waals surface area contributed by atoms with Crippen LogP contribution in [0.5, 0.6) is 0 Å². The minimum Gasteiger partial charge on any atom is -0.390 e. The number of aryl methyl sites for hydroxylation is 1. The molecule has 11 nitrogen and oxygen atoms in total. The summed E-state index contributed by atoms with van der Waals surface area (Å²) in [6.45, 7) is 11.2. The van der Waals surface area contributed by atoms with E-state index in [1.807, 2.05) is 45.7 Å². The van der Waals surface area contributed by atoms with E-state index in [1.165, 1.54) is 6.42 Å². The van der Waals surface area contributed by atoms with E-state index in [-0.39, 0.29) is 23.6 Å². The highest BCUT2D eigenvalue weighted by molar-refractivity contribution is 6.00. The molecular weight excluding hydrogens is 596 g/mol. The Morgan fingerprint density at radius 2 is 1.72 bits per heavy atom. The van der Waals surface area contributed by atoms with E-state index in [0.717, 1.165) is 61.2 Å². The van der Waals surface area contributed by atoms with Gasteiger partial charge in [-0.25, -0.2) is 4.68 Å². The second-order valence-electron chi connectivity index (χ2n) is 14.0. The third-order valence-corrected chi connectivity index (χ3v) is 11.1. The Labute approximate surface area is 278 Å². The molecule has 3 aliphatic heterocycles. The van der Waals surface area contributed by atoms with Crippen molar-refractivity contribution in [1.29, 1.82) is 0 Å². The first-order chi connectivity index (χ1) is 22.7. The smallest absolute Gasteiger partial charge is 0.254 e. The molecule has 2 N–H and O–H groups in total. The Morgan fingerprint density at radius 3 is 2.38 bits per heavy atom. The second-order valence-corrected chi connectivity index (χ2v) is 14.0. The van der Waals surface area contributed by atoms with Gasteiger partial charge in [0.25, 0.3) is 5.91 Å². The van der Waals surface area contributed by atoms with E-state index in [4.69, 9.17) is 9.84 Å². The zero-order valence-electron chi connectivity index (χ0n) is 28.4. The van der Waals surface area contributed by atoms with Crippen LogP contribution in [0.2, 0.25) is 0 Å². The summed E-state index contributed by atoms with van der Waals surface area (Å²) in [5.74, 6) is -0.141. The molecule has 256 valence electrons. The molecular formula is C36H52N6O5. The van der Waals surface area contributed by atoms with Crippen LogP contribution in [-0.4, -0.2) is 111 Å². The van der Waals surface area contributed by atoms with Gasteiger partial charge in [-0.2, -0.15) is 5.10 Å². The number of piperazine rings is 1. The number of aliphatic hydroxyl groups excluding tert-OH is 1. The van der Waals surface area contributed by atoms with Crippen molar-refractivity contribution in [2.75, 3.05) is 45.9 Å². The van der Waals surface area contributed by atoms with E-state index < -0.39 is 17.7 Å². The largest absolute Gasteiger partial charge is 0.390 e. The van der Waals surface area contributed by atoms with Crippen molar-refractivity contribution in [1.82, 2.24) is 29.8 Å². The fraction of sp³-hybridized carbons (Fsp3) is 0.667. The Morgan fingerprint density at radius 1 is 1.04 bits per heavy atom. The molecule has 4 aliphatic rings. The van der Waals surface area contributed by atoms with Crippen molar-refractivity contribution >= 4 is 17.7 Å². The van der Waals surface area contributed by atoms with Crippen LogP contribution < -0.4 is 5.32 Å². The number of nitrogens with one attached hydrogen (secondary N) is 1. The first kappa shape index (κ1) is 33.6. The van der Waals surface area contributed by atoms with Crippen molar-refractivity contribution in [2.24, 2.45) is 5.92 Å². The van der Waals surface area contributed by atoms with Gasteiger partial charge in [0, 0.05) is 56.1 Å². The van der Waals surface area contributed by atoms with Gasteiger partial charge in [0.2, 0.25) is 11.8 Å². The van der Waals surface area contributed by atoms with Gasteiger partial charge >= 0.3 is 0 Å². The molecule has 2 aromatic rings. The lowest BCUT2D eigenvalue weighted by Crippen LogP contribution is -2.75. The predicted molar refractivity (Wildman–Crippen MR) is 178 cm³/mol. The highest BCUT2D eigenvalue weighted by atomic mass is 16.5. The van der Waals surface area contributed by atoms with Gasteiger partial charge in [0.15, 0.2) is 0 Å². The number of benzene rings is 1. The number of likely N-dealkylation sites (tertiary alicyclic amines) is 1. The standard InChI is InChI=1S/C36H52N6O5/c1-4-5-17-41-34(45)31(32(43)27-9-7-6-8-10-27)37-35(46)36(41)15-18-39(19-16-36)24-30-25(2)38-42(26(30)3)29-13-11-28(12-14-29)33(44)40-20-22-47-23-21-40/h11-14,27,31-32,43H,4-10,15-24H2,1-3H3,(H,37,46). The maximum Gasteiger partial charge on any atom is 0.254 e. The molecule has 1 saturated carbocycles. The average molecular weight is 649 g/mol. The molecule has 1 aromatic carbocycles. The number of morpholine rings is 1. The zero-order valence-corrected chi connectivity index (χ0v) is 28.4. The van der Waals surface area contributed by atoms with Gasteiger partial charge in [-0.05, 0) is 76.1 Å². The van der Waals surface area contributed by atoms with Crippen LogP contribution in [0.15, 0.2) is 24.3 Å². The van der Waals surface area contributed by atoms with E-state index in [9.17, 15) is 19.5 Å². The first-order valence-electron chi connectivity index (χ1n) is 17.8. The number of aromatic nitrogens is 2. The molecule has 3 amide bonds. The summed E-state index contributed by atoms with van der Waals surface area (Å²) < 4.78 is 7.32. The summed E-state index contributed by atoms with van der Waals surface area (Å²) in [6, 6.07) is 6.78. The SMILES string of the molecule is CCCCN1C(=O)C(C(O)C2CCCCC2)NC(=O)C12CCN(Cc1c(C)nn(-c3ccc(C(=O)N4CCOCC4)cc3)c1C)CC2. The lowest BCUT2D eigenvalue weighted by molar-refractivity contribution is -0.166. The number of ether oxygens (including phenoxy) is 1. The number of piperidine rings is 1. The number of carbonyl (C=O) groups excluding carboxylic acids is 3. The van der Waals surface area contributed by atoms with Gasteiger partial charge in [-0.15, -0.1) is 0 Å². The molecule has 0 bridgehead atoms. The minimum absolute atomic E-state index is 0.0225. The maximum atomic E-state index is 14.0. The van der Waals surface area contributed by atoms with E-state index in [1.54, 1.807) is 0 Å². The molecule has 2 unspecified atom stereocenters. The Balaban J connectivity index is 1.12. The molecule has 4 fully saturated rings. The van der Waals surface area contributed by atoms with Gasteiger partial charge in [0.05, 0.1) is 30.7 Å². The summed E-state index contributed by atoms with van der Waals surface area (Å²) in [7, 11) is 0. The summed E-state index contributed by atoms with van der Waals surface area (Å²) >= 11 is 0. The summed E-state index contributed by atoms with van der Waals surface area (Å²) in [5, 5.41) is 19.1. The summed E-state index contributed by atoms with van der Waals surface area (Å²) in [4.78, 5) is 46.8. The van der Waals surface area contributed by atoms with Crippen molar-refractivity contribution in [3.8, 4) is 5.69 Å². The van der Waals surface area contributed by atoms with Crippen LogP contribution in [0.4, 0.5) is 0 Å². The Kier molecular flexibility index (Phi) is 10.3. The molecule has 4 heterocycles. The lowest BCUT2D eigenvalue weighted by Gasteiger charge is -2.52. The van der Waals surface area contributed by atoms with Crippen molar-refractivity contribution < 1.29 is 24.2 Å². The number of unbranched alkanes of at least 4 members (excludes halogenated alkanes) is 1. The molecule has 11 heteroatoms. The topological polar surface area (TPSA) is 120 Å². The van der Waals surface area contributed by atoms with Crippen LogP contribution >= 0.6 is 0 Å². The number of nitrogens with zero attached hydrogens (tertiary/aromatic N) is 5. The van der Waals surface area contributed by atoms with E-state index in [0.29, 0.717) is 70.9 Å². The zero-order chi connectivity index (χ0) is 33.1. The normalized spacial score (nSPS) is 23.3.